The number of carbonyl (C=O) groups excluding carboxylic acids is 1. The van der Waals surface area contributed by atoms with E-state index in [0.29, 0.717) is 11.8 Å². The van der Waals surface area contributed by atoms with Crippen LogP contribution in [0.15, 0.2) is 12.4 Å². The molecule has 2 fully saturated rings. The number of rotatable bonds is 3. The molecular weight excluding hydrogens is 276 g/mol. The zero-order valence-electron chi connectivity index (χ0n) is 13.4. The van der Waals surface area contributed by atoms with Crippen LogP contribution in [0.25, 0.3) is 0 Å². The van der Waals surface area contributed by atoms with Crippen molar-refractivity contribution in [3.63, 3.8) is 0 Å². The summed E-state index contributed by atoms with van der Waals surface area (Å²) >= 11 is 0. The summed E-state index contributed by atoms with van der Waals surface area (Å²) in [6, 6.07) is 1.85. The molecule has 0 spiro atoms. The number of primary amides is 1. The van der Waals surface area contributed by atoms with E-state index < -0.39 is 0 Å². The molecule has 2 unspecified atom stereocenters. The van der Waals surface area contributed by atoms with E-state index >= 15 is 0 Å². The Kier molecular flexibility index (Phi) is 4.60. The Morgan fingerprint density at radius 1 is 1.23 bits per heavy atom. The van der Waals surface area contributed by atoms with Crippen molar-refractivity contribution >= 4 is 11.7 Å². The minimum absolute atomic E-state index is 0.238. The topological polar surface area (TPSA) is 72.1 Å². The van der Waals surface area contributed by atoms with Crippen LogP contribution < -0.4 is 10.6 Å². The number of nitrogens with two attached hydrogens (primary N) is 1. The molecule has 1 saturated heterocycles. The summed E-state index contributed by atoms with van der Waals surface area (Å²) in [7, 11) is 0. The summed E-state index contributed by atoms with van der Waals surface area (Å²) in [4.78, 5) is 22.8. The van der Waals surface area contributed by atoms with E-state index in [1.165, 1.54) is 32.1 Å². The molecule has 120 valence electrons. The average Bonchev–Trinajstić information content (AvgIpc) is 2.55. The predicted octanol–water partition coefficient (Wildman–Crippen LogP) is 2.61. The third-order valence-electron chi connectivity index (χ3n) is 5.18. The fraction of sp³-hybridized carbons (Fsp3) is 0.706. The largest absolute Gasteiger partial charge is 0.368 e. The van der Waals surface area contributed by atoms with Crippen LogP contribution in [-0.2, 0) is 4.79 Å². The Morgan fingerprint density at radius 3 is 2.73 bits per heavy atom. The van der Waals surface area contributed by atoms with Gasteiger partial charge in [0.05, 0.1) is 0 Å². The number of piperidine rings is 1. The second-order valence-corrected chi connectivity index (χ2v) is 6.88. The van der Waals surface area contributed by atoms with Gasteiger partial charge in [-0.2, -0.15) is 0 Å². The summed E-state index contributed by atoms with van der Waals surface area (Å²) in [5.41, 5.74) is 6.75. The summed E-state index contributed by atoms with van der Waals surface area (Å²) in [6.07, 6.45) is 9.88. The predicted molar refractivity (Wildman–Crippen MR) is 86.6 cm³/mol. The van der Waals surface area contributed by atoms with Crippen molar-refractivity contribution in [2.24, 2.45) is 11.7 Å². The molecule has 1 aliphatic carbocycles. The number of carbonyl (C=O) groups is 1. The lowest BCUT2D eigenvalue weighted by atomic mass is 9.86. The zero-order valence-corrected chi connectivity index (χ0v) is 13.4. The minimum Gasteiger partial charge on any atom is -0.368 e. The normalized spacial score (nSPS) is 26.9. The second-order valence-electron chi connectivity index (χ2n) is 6.88. The quantitative estimate of drug-likeness (QED) is 0.931. The maximum absolute atomic E-state index is 11.8. The van der Waals surface area contributed by atoms with Gasteiger partial charge < -0.3 is 10.6 Å². The van der Waals surface area contributed by atoms with Gasteiger partial charge in [0, 0.05) is 24.2 Å². The van der Waals surface area contributed by atoms with Crippen molar-refractivity contribution in [2.45, 2.75) is 63.8 Å². The fourth-order valence-corrected chi connectivity index (χ4v) is 3.83. The maximum atomic E-state index is 11.8. The Hall–Kier alpha value is -1.65. The van der Waals surface area contributed by atoms with Crippen molar-refractivity contribution < 1.29 is 4.79 Å². The highest BCUT2D eigenvalue weighted by atomic mass is 16.1. The van der Waals surface area contributed by atoms with Crippen molar-refractivity contribution in [1.29, 1.82) is 0 Å². The number of aromatic nitrogens is 2. The molecule has 1 aromatic heterocycles. The summed E-state index contributed by atoms with van der Waals surface area (Å²) < 4.78 is 0. The van der Waals surface area contributed by atoms with Gasteiger partial charge in [-0.25, -0.2) is 9.97 Å². The van der Waals surface area contributed by atoms with Gasteiger partial charge >= 0.3 is 0 Å². The molecule has 5 heteroatoms. The lowest BCUT2D eigenvalue weighted by Gasteiger charge is -2.37. The molecule has 2 aliphatic rings. The fourth-order valence-electron chi connectivity index (χ4n) is 3.83. The number of hydrogen-bond donors (Lipinski definition) is 1. The van der Waals surface area contributed by atoms with E-state index in [4.69, 9.17) is 5.73 Å². The first-order valence-electron chi connectivity index (χ1n) is 8.53. The van der Waals surface area contributed by atoms with Crippen LogP contribution in [0.2, 0.25) is 0 Å². The third-order valence-corrected chi connectivity index (χ3v) is 5.18. The Morgan fingerprint density at radius 2 is 2.00 bits per heavy atom. The molecule has 1 aromatic rings. The van der Waals surface area contributed by atoms with Gasteiger partial charge in [-0.15, -0.1) is 0 Å². The number of anilines is 1. The van der Waals surface area contributed by atoms with Crippen LogP contribution in [-0.4, -0.2) is 28.5 Å². The SMILES string of the molecule is CC1CCN(c2cc(C3CCCCC3)ncn2)C(C(N)=O)C1. The smallest absolute Gasteiger partial charge is 0.240 e. The molecule has 1 saturated carbocycles. The van der Waals surface area contributed by atoms with Gasteiger partial charge in [-0.3, -0.25) is 4.79 Å². The van der Waals surface area contributed by atoms with E-state index in [0.717, 1.165) is 30.9 Å². The van der Waals surface area contributed by atoms with Crippen molar-refractivity contribution in [1.82, 2.24) is 9.97 Å². The van der Waals surface area contributed by atoms with Crippen LogP contribution >= 0.6 is 0 Å². The highest BCUT2D eigenvalue weighted by Gasteiger charge is 2.31. The van der Waals surface area contributed by atoms with E-state index in [1.54, 1.807) is 6.33 Å². The van der Waals surface area contributed by atoms with E-state index in [-0.39, 0.29) is 11.9 Å². The Bertz CT molecular complexity index is 527. The lowest BCUT2D eigenvalue weighted by Crippen LogP contribution is -2.50. The summed E-state index contributed by atoms with van der Waals surface area (Å²) in [5.74, 6) is 1.70. The van der Waals surface area contributed by atoms with Crippen LogP contribution in [0.1, 0.15) is 63.5 Å². The highest BCUT2D eigenvalue weighted by molar-refractivity contribution is 5.83. The molecule has 1 amide bonds. The number of nitrogens with zero attached hydrogens (tertiary/aromatic N) is 3. The van der Waals surface area contributed by atoms with Gasteiger partial charge in [-0.05, 0) is 31.6 Å². The van der Waals surface area contributed by atoms with Crippen molar-refractivity contribution in [3.05, 3.63) is 18.1 Å². The highest BCUT2D eigenvalue weighted by Crippen LogP contribution is 2.33. The van der Waals surface area contributed by atoms with Gasteiger partial charge in [0.25, 0.3) is 0 Å². The first kappa shape index (κ1) is 15.3. The molecule has 2 N–H and O–H groups in total. The molecule has 2 atom stereocenters. The molecule has 22 heavy (non-hydrogen) atoms. The van der Waals surface area contributed by atoms with Crippen LogP contribution in [0.3, 0.4) is 0 Å². The third kappa shape index (κ3) is 3.23. The summed E-state index contributed by atoms with van der Waals surface area (Å²) in [5, 5.41) is 0. The second kappa shape index (κ2) is 6.63. The first-order valence-corrected chi connectivity index (χ1v) is 8.53. The van der Waals surface area contributed by atoms with Gasteiger partial charge in [-0.1, -0.05) is 26.2 Å². The zero-order chi connectivity index (χ0) is 15.5. The van der Waals surface area contributed by atoms with Crippen LogP contribution in [0.4, 0.5) is 5.82 Å². The molecule has 3 rings (SSSR count). The van der Waals surface area contributed by atoms with E-state index in [9.17, 15) is 4.79 Å². The maximum Gasteiger partial charge on any atom is 0.240 e. The minimum atomic E-state index is -0.246. The molecule has 1 aliphatic heterocycles. The lowest BCUT2D eigenvalue weighted by molar-refractivity contribution is -0.120. The van der Waals surface area contributed by atoms with Gasteiger partial charge in [0.1, 0.15) is 18.2 Å². The Labute approximate surface area is 132 Å². The Balaban J connectivity index is 1.82. The number of amides is 1. The molecule has 0 aromatic carbocycles. The van der Waals surface area contributed by atoms with Gasteiger partial charge in [0.15, 0.2) is 0 Å². The standard InChI is InChI=1S/C17H26N4O/c1-12-7-8-21(15(9-12)17(18)22)16-10-14(19-11-20-16)13-5-3-2-4-6-13/h10-13,15H,2-9H2,1H3,(H2,18,22). The molecule has 0 bridgehead atoms. The average molecular weight is 302 g/mol. The number of hydrogen-bond acceptors (Lipinski definition) is 4. The first-order chi connectivity index (χ1) is 10.6. The van der Waals surface area contributed by atoms with E-state index in [1.807, 2.05) is 0 Å². The van der Waals surface area contributed by atoms with E-state index in [2.05, 4.69) is 27.9 Å². The molecular formula is C17H26N4O. The van der Waals surface area contributed by atoms with Crippen LogP contribution in [0.5, 0.6) is 0 Å². The molecule has 5 nitrogen and oxygen atoms in total. The molecule has 0 radical (unpaired) electrons. The van der Waals surface area contributed by atoms with Crippen molar-refractivity contribution in [2.75, 3.05) is 11.4 Å². The summed E-state index contributed by atoms with van der Waals surface area (Å²) in [6.45, 7) is 3.02. The van der Waals surface area contributed by atoms with Gasteiger partial charge in [0.2, 0.25) is 5.91 Å². The monoisotopic (exact) mass is 302 g/mol. The molecule has 2 heterocycles. The van der Waals surface area contributed by atoms with Crippen molar-refractivity contribution in [3.8, 4) is 0 Å². The van der Waals surface area contributed by atoms with Crippen LogP contribution in [0, 0.1) is 5.92 Å².